The van der Waals surface area contributed by atoms with Crippen LogP contribution in [-0.2, 0) is 14.4 Å². The van der Waals surface area contributed by atoms with Gasteiger partial charge in [0.1, 0.15) is 11.6 Å². The summed E-state index contributed by atoms with van der Waals surface area (Å²) in [6.45, 7) is 6.16. The first-order valence-corrected chi connectivity index (χ1v) is 11.5. The number of piperazine rings is 1. The number of nitrogens with zero attached hydrogens (tertiary/aromatic N) is 3. The Kier molecular flexibility index (Phi) is 6.29. The van der Waals surface area contributed by atoms with Crippen LogP contribution in [0.15, 0.2) is 36.5 Å². The van der Waals surface area contributed by atoms with Crippen molar-refractivity contribution in [3.8, 4) is 0 Å². The van der Waals surface area contributed by atoms with Gasteiger partial charge in [-0.05, 0) is 61.4 Å². The molecule has 180 valence electrons. The van der Waals surface area contributed by atoms with E-state index in [1.54, 1.807) is 30.0 Å². The van der Waals surface area contributed by atoms with Crippen molar-refractivity contribution in [1.82, 2.24) is 14.8 Å². The average Bonchev–Trinajstić information content (AvgIpc) is 3.52. The minimum Gasteiger partial charge on any atom is -0.383 e. The highest BCUT2D eigenvalue weighted by Crippen LogP contribution is 2.48. The van der Waals surface area contributed by atoms with E-state index in [9.17, 15) is 18.8 Å². The average molecular weight is 468 g/mol. The first-order chi connectivity index (χ1) is 16.1. The number of aryl methyl sites for hydroxylation is 1. The number of pyridine rings is 1. The highest BCUT2D eigenvalue weighted by atomic mass is 19.1. The summed E-state index contributed by atoms with van der Waals surface area (Å²) in [5.74, 6) is -1.55. The topological polar surface area (TPSA) is 109 Å². The molecule has 34 heavy (non-hydrogen) atoms. The number of rotatable bonds is 4. The van der Waals surface area contributed by atoms with Crippen LogP contribution in [0.25, 0.3) is 0 Å². The number of aromatic nitrogens is 1. The standard InChI is InChI=1S/C25H30FN5O3/c1-15-10-19(12-28-22(15)27)29-23(33)24(34)31-13-16(2)30(21(32)11-25(3)8-9-25)14-20(31)17-4-6-18(26)7-5-17/h4-7,10,12,16,20H,8-9,11,13-14H2,1-3H3,(H2,27,28)(H,29,33)/t16-,20-/m1/s1. The SMILES string of the molecule is Cc1cc(NC(=O)C(=O)N2C[C@@H](C)N(C(=O)CC3(C)CC3)C[C@@H]2c2ccc(F)cc2)cnc1N. The van der Waals surface area contributed by atoms with Crippen molar-refractivity contribution in [2.75, 3.05) is 24.1 Å². The number of carbonyl (C=O) groups is 3. The van der Waals surface area contributed by atoms with Crippen LogP contribution in [0, 0.1) is 18.2 Å². The van der Waals surface area contributed by atoms with Gasteiger partial charge < -0.3 is 20.9 Å². The molecule has 0 spiro atoms. The lowest BCUT2D eigenvalue weighted by Gasteiger charge is -2.45. The van der Waals surface area contributed by atoms with Crippen LogP contribution in [0.1, 0.15) is 50.3 Å². The molecule has 1 aliphatic heterocycles. The number of hydrogen-bond donors (Lipinski definition) is 2. The third-order valence-corrected chi connectivity index (χ3v) is 6.83. The maximum absolute atomic E-state index is 13.6. The molecule has 1 aromatic carbocycles. The molecule has 1 aromatic heterocycles. The lowest BCUT2D eigenvalue weighted by Crippen LogP contribution is -2.58. The van der Waals surface area contributed by atoms with Gasteiger partial charge >= 0.3 is 11.8 Å². The van der Waals surface area contributed by atoms with Crippen LogP contribution < -0.4 is 11.1 Å². The summed E-state index contributed by atoms with van der Waals surface area (Å²) < 4.78 is 13.6. The van der Waals surface area contributed by atoms with Crippen molar-refractivity contribution < 1.29 is 18.8 Å². The maximum atomic E-state index is 13.6. The molecule has 1 saturated carbocycles. The predicted octanol–water partition coefficient (Wildman–Crippen LogP) is 3.04. The van der Waals surface area contributed by atoms with Crippen LogP contribution in [0.2, 0.25) is 0 Å². The van der Waals surface area contributed by atoms with E-state index in [2.05, 4.69) is 17.2 Å². The quantitative estimate of drug-likeness (QED) is 0.672. The molecule has 2 aromatic rings. The van der Waals surface area contributed by atoms with Gasteiger partial charge in [-0.15, -0.1) is 0 Å². The van der Waals surface area contributed by atoms with E-state index in [0.29, 0.717) is 29.1 Å². The van der Waals surface area contributed by atoms with Gasteiger partial charge in [0.05, 0.1) is 17.9 Å². The summed E-state index contributed by atoms with van der Waals surface area (Å²) in [4.78, 5) is 46.4. The predicted molar refractivity (Wildman–Crippen MR) is 126 cm³/mol. The molecule has 2 heterocycles. The van der Waals surface area contributed by atoms with Gasteiger partial charge in [0.25, 0.3) is 0 Å². The molecule has 8 nitrogen and oxygen atoms in total. The van der Waals surface area contributed by atoms with Crippen molar-refractivity contribution in [3.05, 3.63) is 53.5 Å². The van der Waals surface area contributed by atoms with Gasteiger partial charge in [-0.2, -0.15) is 0 Å². The summed E-state index contributed by atoms with van der Waals surface area (Å²) in [5.41, 5.74) is 7.49. The van der Waals surface area contributed by atoms with Gasteiger partial charge in [-0.3, -0.25) is 14.4 Å². The highest BCUT2D eigenvalue weighted by Gasteiger charge is 2.44. The molecule has 0 radical (unpaired) electrons. The molecule has 0 bridgehead atoms. The van der Waals surface area contributed by atoms with Crippen molar-refractivity contribution in [1.29, 1.82) is 0 Å². The molecule has 3 N–H and O–H groups in total. The van der Waals surface area contributed by atoms with Crippen LogP contribution in [-0.4, -0.2) is 51.6 Å². The smallest absolute Gasteiger partial charge is 0.313 e. The molecule has 4 rings (SSSR count). The van der Waals surface area contributed by atoms with E-state index >= 15 is 0 Å². The van der Waals surface area contributed by atoms with Gasteiger partial charge in [0, 0.05) is 25.6 Å². The molecule has 1 saturated heterocycles. The van der Waals surface area contributed by atoms with Gasteiger partial charge in [-0.25, -0.2) is 9.37 Å². The second-order valence-corrected chi connectivity index (χ2v) is 9.79. The normalized spacial score (nSPS) is 21.2. The minimum atomic E-state index is -0.810. The number of nitrogen functional groups attached to an aromatic ring is 1. The van der Waals surface area contributed by atoms with E-state index in [4.69, 9.17) is 5.73 Å². The van der Waals surface area contributed by atoms with Crippen molar-refractivity contribution in [2.24, 2.45) is 5.41 Å². The van der Waals surface area contributed by atoms with Gasteiger partial charge in [-0.1, -0.05) is 19.1 Å². The number of nitrogens with two attached hydrogens (primary N) is 1. The molecular weight excluding hydrogens is 437 g/mol. The second-order valence-electron chi connectivity index (χ2n) is 9.79. The molecule has 9 heteroatoms. The van der Waals surface area contributed by atoms with E-state index in [1.807, 2.05) is 6.92 Å². The number of hydrogen-bond acceptors (Lipinski definition) is 5. The number of amides is 3. The monoisotopic (exact) mass is 467 g/mol. The summed E-state index contributed by atoms with van der Waals surface area (Å²) in [5, 5.41) is 2.59. The Morgan fingerprint density at radius 1 is 1.18 bits per heavy atom. The number of carbonyl (C=O) groups excluding carboxylic acids is 3. The fraction of sp³-hybridized carbons (Fsp3) is 0.440. The molecular formula is C25H30FN5O3. The Morgan fingerprint density at radius 2 is 1.85 bits per heavy atom. The third kappa shape index (κ3) is 5.03. The Balaban J connectivity index is 1.56. The Morgan fingerprint density at radius 3 is 2.47 bits per heavy atom. The van der Waals surface area contributed by atoms with Crippen LogP contribution in [0.4, 0.5) is 15.9 Å². The first kappa shape index (κ1) is 23.7. The number of halogens is 1. The van der Waals surface area contributed by atoms with Crippen molar-refractivity contribution in [3.63, 3.8) is 0 Å². The zero-order valence-corrected chi connectivity index (χ0v) is 19.7. The van der Waals surface area contributed by atoms with Crippen molar-refractivity contribution in [2.45, 2.75) is 52.1 Å². The van der Waals surface area contributed by atoms with Gasteiger partial charge in [0.2, 0.25) is 5.91 Å². The fourth-order valence-electron chi connectivity index (χ4n) is 4.34. The number of nitrogens with one attached hydrogen (secondary N) is 1. The molecule has 2 atom stereocenters. The van der Waals surface area contributed by atoms with Crippen LogP contribution in [0.5, 0.6) is 0 Å². The third-order valence-electron chi connectivity index (χ3n) is 6.83. The second kappa shape index (κ2) is 9.04. The summed E-state index contributed by atoms with van der Waals surface area (Å²) in [6, 6.07) is 6.62. The number of benzene rings is 1. The lowest BCUT2D eigenvalue weighted by molar-refractivity contribution is -0.151. The summed E-state index contributed by atoms with van der Waals surface area (Å²) in [6.07, 6.45) is 3.92. The minimum absolute atomic E-state index is 0.0413. The number of anilines is 2. The summed E-state index contributed by atoms with van der Waals surface area (Å²) >= 11 is 0. The van der Waals surface area contributed by atoms with E-state index < -0.39 is 23.7 Å². The van der Waals surface area contributed by atoms with Crippen molar-refractivity contribution >= 4 is 29.2 Å². The van der Waals surface area contributed by atoms with E-state index in [1.165, 1.54) is 23.2 Å². The van der Waals surface area contributed by atoms with E-state index in [-0.39, 0.29) is 30.5 Å². The lowest BCUT2D eigenvalue weighted by atomic mass is 9.97. The Bertz CT molecular complexity index is 1120. The fourth-order valence-corrected chi connectivity index (χ4v) is 4.34. The molecule has 2 aliphatic rings. The molecule has 1 aliphatic carbocycles. The zero-order valence-electron chi connectivity index (χ0n) is 19.7. The Hall–Kier alpha value is -3.49. The highest BCUT2D eigenvalue weighted by molar-refractivity contribution is 6.39. The van der Waals surface area contributed by atoms with E-state index in [0.717, 1.165) is 12.8 Å². The molecule has 0 unspecified atom stereocenters. The zero-order chi connectivity index (χ0) is 24.6. The maximum Gasteiger partial charge on any atom is 0.313 e. The molecule has 2 fully saturated rings. The van der Waals surface area contributed by atoms with Crippen LogP contribution >= 0.6 is 0 Å². The molecule has 3 amide bonds. The van der Waals surface area contributed by atoms with Crippen LogP contribution in [0.3, 0.4) is 0 Å². The Labute approximate surface area is 198 Å². The van der Waals surface area contributed by atoms with Gasteiger partial charge in [0.15, 0.2) is 0 Å². The summed E-state index contributed by atoms with van der Waals surface area (Å²) in [7, 11) is 0. The largest absolute Gasteiger partial charge is 0.383 e. The first-order valence-electron chi connectivity index (χ1n) is 11.5.